The monoisotopic (exact) mass is 294 g/mol. The Morgan fingerprint density at radius 3 is 2.82 bits per heavy atom. The fourth-order valence-electron chi connectivity index (χ4n) is 3.15. The second kappa shape index (κ2) is 4.98. The first-order valence-electron chi connectivity index (χ1n) is 7.40. The highest BCUT2D eigenvalue weighted by Crippen LogP contribution is 2.33. The van der Waals surface area contributed by atoms with Crippen molar-refractivity contribution < 1.29 is 4.39 Å². The third-order valence-electron chi connectivity index (χ3n) is 4.18. The molecule has 1 N–H and O–H groups in total. The fraction of sp³-hybridized carbons (Fsp3) is 0.167. The number of H-pyrrole nitrogens is 1. The Balaban J connectivity index is 1.90. The van der Waals surface area contributed by atoms with Gasteiger partial charge in [-0.2, -0.15) is 0 Å². The molecule has 0 spiro atoms. The van der Waals surface area contributed by atoms with Crippen molar-refractivity contribution in [2.45, 2.75) is 12.8 Å². The lowest BCUT2D eigenvalue weighted by atomic mass is 10.0. The molecule has 0 saturated heterocycles. The van der Waals surface area contributed by atoms with Gasteiger partial charge in [-0.15, -0.1) is 0 Å². The molecule has 1 aliphatic heterocycles. The summed E-state index contributed by atoms with van der Waals surface area (Å²) in [5.41, 5.74) is 3.21. The van der Waals surface area contributed by atoms with E-state index in [1.807, 2.05) is 35.2 Å². The zero-order valence-electron chi connectivity index (χ0n) is 12.0. The highest BCUT2D eigenvalue weighted by Gasteiger charge is 2.21. The van der Waals surface area contributed by atoms with Gasteiger partial charge in [0.1, 0.15) is 11.5 Å². The number of nitrogens with zero attached hydrogens (tertiary/aromatic N) is 1. The maximum atomic E-state index is 13.4. The van der Waals surface area contributed by atoms with Crippen molar-refractivity contribution in [2.75, 3.05) is 11.4 Å². The summed E-state index contributed by atoms with van der Waals surface area (Å²) in [6, 6.07) is 14.4. The lowest BCUT2D eigenvalue weighted by molar-refractivity contribution is 0.622. The molecule has 0 saturated carbocycles. The molecule has 0 amide bonds. The van der Waals surface area contributed by atoms with Crippen molar-refractivity contribution in [2.24, 2.45) is 0 Å². The van der Waals surface area contributed by atoms with E-state index in [0.29, 0.717) is 5.69 Å². The van der Waals surface area contributed by atoms with Gasteiger partial charge in [0.25, 0.3) is 5.56 Å². The average Bonchev–Trinajstić information content (AvgIpc) is 2.53. The van der Waals surface area contributed by atoms with Gasteiger partial charge in [0, 0.05) is 23.1 Å². The quantitative estimate of drug-likeness (QED) is 0.742. The fourth-order valence-corrected chi connectivity index (χ4v) is 3.15. The molecular formula is C18H15FN2O. The van der Waals surface area contributed by atoms with Gasteiger partial charge in [0.2, 0.25) is 0 Å². The number of aromatic nitrogens is 1. The van der Waals surface area contributed by atoms with Crippen LogP contribution < -0.4 is 10.5 Å². The second-order valence-corrected chi connectivity index (χ2v) is 5.60. The first kappa shape index (κ1) is 13.1. The number of hydrogen-bond donors (Lipinski definition) is 1. The van der Waals surface area contributed by atoms with Crippen LogP contribution in [0.25, 0.3) is 10.9 Å². The molecule has 1 aromatic heterocycles. The van der Waals surface area contributed by atoms with Crippen LogP contribution in [0.5, 0.6) is 0 Å². The number of halogens is 1. The van der Waals surface area contributed by atoms with Gasteiger partial charge in [0.15, 0.2) is 0 Å². The molecule has 2 heterocycles. The molecule has 0 atom stereocenters. The summed E-state index contributed by atoms with van der Waals surface area (Å²) in [6.45, 7) is 0.764. The van der Waals surface area contributed by atoms with Crippen LogP contribution in [0.3, 0.4) is 0 Å². The summed E-state index contributed by atoms with van der Waals surface area (Å²) in [5, 5.41) is 0.992. The van der Waals surface area contributed by atoms with Crippen molar-refractivity contribution in [1.29, 1.82) is 0 Å². The van der Waals surface area contributed by atoms with E-state index in [1.165, 1.54) is 6.07 Å². The smallest absolute Gasteiger partial charge is 0.272 e. The van der Waals surface area contributed by atoms with Crippen LogP contribution >= 0.6 is 0 Å². The van der Waals surface area contributed by atoms with E-state index in [1.54, 1.807) is 12.1 Å². The Kier molecular flexibility index (Phi) is 2.96. The van der Waals surface area contributed by atoms with Crippen LogP contribution in [-0.4, -0.2) is 11.5 Å². The maximum absolute atomic E-state index is 13.4. The Hall–Kier alpha value is -2.62. The van der Waals surface area contributed by atoms with E-state index < -0.39 is 0 Å². The summed E-state index contributed by atoms with van der Waals surface area (Å²) in [6.07, 6.45) is 1.75. The van der Waals surface area contributed by atoms with Gasteiger partial charge >= 0.3 is 0 Å². The summed E-state index contributed by atoms with van der Waals surface area (Å²) < 4.78 is 13.4. The molecular weight excluding hydrogens is 279 g/mol. The van der Waals surface area contributed by atoms with E-state index in [-0.39, 0.29) is 11.4 Å². The molecule has 1 aliphatic rings. The van der Waals surface area contributed by atoms with Crippen molar-refractivity contribution in [3.05, 3.63) is 70.3 Å². The van der Waals surface area contributed by atoms with E-state index in [9.17, 15) is 9.18 Å². The summed E-state index contributed by atoms with van der Waals surface area (Å²) in [4.78, 5) is 17.4. The zero-order chi connectivity index (χ0) is 15.1. The van der Waals surface area contributed by atoms with Crippen molar-refractivity contribution >= 4 is 22.3 Å². The Labute approximate surface area is 127 Å². The number of fused-ring (bicyclic) bond motifs is 2. The molecule has 0 aliphatic carbocycles. The molecule has 3 aromatic rings. The SMILES string of the molecule is O=c1[nH]c2ccccc2cc1N1CCCc2cc(F)ccc21. The van der Waals surface area contributed by atoms with E-state index in [0.717, 1.165) is 41.5 Å². The number of aromatic amines is 1. The molecule has 3 nitrogen and oxygen atoms in total. The lowest BCUT2D eigenvalue weighted by Crippen LogP contribution is -2.29. The summed E-state index contributed by atoms with van der Waals surface area (Å²) >= 11 is 0. The molecule has 22 heavy (non-hydrogen) atoms. The average molecular weight is 294 g/mol. The lowest BCUT2D eigenvalue weighted by Gasteiger charge is -2.30. The number of pyridine rings is 1. The van der Waals surface area contributed by atoms with Crippen molar-refractivity contribution in [3.8, 4) is 0 Å². The first-order chi connectivity index (χ1) is 10.7. The molecule has 4 heteroatoms. The molecule has 0 unspecified atom stereocenters. The van der Waals surface area contributed by atoms with Gasteiger partial charge in [0.05, 0.1) is 0 Å². The molecule has 110 valence electrons. The van der Waals surface area contributed by atoms with Crippen molar-refractivity contribution in [1.82, 2.24) is 4.98 Å². The van der Waals surface area contributed by atoms with Crippen LogP contribution in [0.4, 0.5) is 15.8 Å². The number of para-hydroxylation sites is 1. The van der Waals surface area contributed by atoms with Gasteiger partial charge in [-0.3, -0.25) is 4.79 Å². The topological polar surface area (TPSA) is 36.1 Å². The van der Waals surface area contributed by atoms with Crippen molar-refractivity contribution in [3.63, 3.8) is 0 Å². The number of anilines is 2. The maximum Gasteiger partial charge on any atom is 0.272 e. The normalized spacial score (nSPS) is 14.1. The predicted molar refractivity (Wildman–Crippen MR) is 86.3 cm³/mol. The molecule has 2 aromatic carbocycles. The minimum atomic E-state index is -0.229. The number of benzene rings is 2. The Morgan fingerprint density at radius 1 is 1.05 bits per heavy atom. The van der Waals surface area contributed by atoms with E-state index >= 15 is 0 Å². The number of nitrogens with one attached hydrogen (secondary N) is 1. The Morgan fingerprint density at radius 2 is 1.91 bits per heavy atom. The Bertz CT molecular complexity index is 916. The van der Waals surface area contributed by atoms with Crippen LogP contribution in [0.2, 0.25) is 0 Å². The van der Waals surface area contributed by atoms with Crippen LogP contribution in [0.15, 0.2) is 53.3 Å². The standard InChI is InChI=1S/C18H15FN2O/c19-14-7-8-16-13(10-14)5-3-9-21(16)17-11-12-4-1-2-6-15(12)20-18(17)22/h1-2,4,6-8,10-11H,3,5,9H2,(H,20,22). The third-order valence-corrected chi connectivity index (χ3v) is 4.18. The van der Waals surface area contributed by atoms with Crippen LogP contribution in [-0.2, 0) is 6.42 Å². The van der Waals surface area contributed by atoms with Crippen LogP contribution in [0.1, 0.15) is 12.0 Å². The minimum absolute atomic E-state index is 0.115. The molecule has 0 radical (unpaired) electrons. The zero-order valence-corrected chi connectivity index (χ0v) is 12.0. The van der Waals surface area contributed by atoms with Gasteiger partial charge < -0.3 is 9.88 Å². The first-order valence-corrected chi connectivity index (χ1v) is 7.40. The van der Waals surface area contributed by atoms with Gasteiger partial charge in [-0.1, -0.05) is 18.2 Å². The summed E-state index contributed by atoms with van der Waals surface area (Å²) in [7, 11) is 0. The van der Waals surface area contributed by atoms with Gasteiger partial charge in [-0.05, 0) is 48.7 Å². The molecule has 4 rings (SSSR count). The number of aryl methyl sites for hydroxylation is 1. The number of hydrogen-bond acceptors (Lipinski definition) is 2. The third kappa shape index (κ3) is 2.08. The number of rotatable bonds is 1. The van der Waals surface area contributed by atoms with E-state index in [4.69, 9.17) is 0 Å². The molecule has 0 fully saturated rings. The van der Waals surface area contributed by atoms with Gasteiger partial charge in [-0.25, -0.2) is 4.39 Å². The second-order valence-electron chi connectivity index (χ2n) is 5.60. The largest absolute Gasteiger partial charge is 0.337 e. The highest BCUT2D eigenvalue weighted by atomic mass is 19.1. The predicted octanol–water partition coefficient (Wildman–Crippen LogP) is 3.75. The minimum Gasteiger partial charge on any atom is -0.337 e. The van der Waals surface area contributed by atoms with E-state index in [2.05, 4.69) is 4.98 Å². The van der Waals surface area contributed by atoms with Crippen LogP contribution in [0, 0.1) is 5.82 Å². The summed E-state index contributed by atoms with van der Waals surface area (Å²) in [5.74, 6) is -0.229. The highest BCUT2D eigenvalue weighted by molar-refractivity contribution is 5.83. The molecule has 0 bridgehead atoms.